The van der Waals surface area contributed by atoms with Crippen LogP contribution in [0.4, 0.5) is 0 Å². The van der Waals surface area contributed by atoms with Crippen LogP contribution in [-0.2, 0) is 9.59 Å². The molecule has 0 aromatic carbocycles. The molecule has 0 spiro atoms. The van der Waals surface area contributed by atoms with Gasteiger partial charge < -0.3 is 16.0 Å². The number of nitrogens with two attached hydrogens (primary N) is 1. The van der Waals surface area contributed by atoms with E-state index in [-0.39, 0.29) is 11.9 Å². The van der Waals surface area contributed by atoms with E-state index < -0.39 is 6.04 Å². The molecular weight excluding hydrogens is 218 g/mol. The van der Waals surface area contributed by atoms with Crippen molar-refractivity contribution in [2.75, 3.05) is 13.1 Å². The van der Waals surface area contributed by atoms with Gasteiger partial charge in [-0.3, -0.25) is 9.59 Å². The molecule has 1 unspecified atom stereocenters. The van der Waals surface area contributed by atoms with E-state index >= 15 is 0 Å². The van der Waals surface area contributed by atoms with Gasteiger partial charge in [-0.1, -0.05) is 0 Å². The lowest BCUT2D eigenvalue weighted by atomic mass is 10.0. The zero-order valence-corrected chi connectivity index (χ0v) is 10.3. The maximum absolute atomic E-state index is 11.8. The number of hydrogen-bond donors (Lipinski definition) is 2. The Morgan fingerprint density at radius 3 is 2.29 bits per heavy atom. The Labute approximate surface area is 102 Å². The largest absolute Gasteiger partial charge is 0.352 e. The molecule has 1 atom stereocenters. The van der Waals surface area contributed by atoms with Crippen molar-refractivity contribution in [3.8, 4) is 0 Å². The Hall–Kier alpha value is -1.10. The maximum Gasteiger partial charge on any atom is 0.236 e. The van der Waals surface area contributed by atoms with Gasteiger partial charge >= 0.3 is 0 Å². The molecule has 96 valence electrons. The minimum atomic E-state index is -0.457. The summed E-state index contributed by atoms with van der Waals surface area (Å²) in [5.74, 6) is 0.504. The Morgan fingerprint density at radius 2 is 1.82 bits per heavy atom. The summed E-state index contributed by atoms with van der Waals surface area (Å²) in [7, 11) is 0. The molecule has 2 fully saturated rings. The van der Waals surface area contributed by atoms with Crippen LogP contribution in [0, 0.1) is 5.92 Å². The summed E-state index contributed by atoms with van der Waals surface area (Å²) in [6.07, 6.45) is 3.80. The van der Waals surface area contributed by atoms with Crippen LogP contribution in [0.15, 0.2) is 0 Å². The fourth-order valence-corrected chi connectivity index (χ4v) is 2.17. The number of rotatable bonds is 3. The van der Waals surface area contributed by atoms with E-state index in [9.17, 15) is 9.59 Å². The number of piperidine rings is 1. The third-order valence-corrected chi connectivity index (χ3v) is 3.49. The molecule has 2 rings (SSSR count). The number of nitrogens with one attached hydrogen (secondary N) is 1. The van der Waals surface area contributed by atoms with Crippen molar-refractivity contribution in [1.29, 1.82) is 0 Å². The van der Waals surface area contributed by atoms with Gasteiger partial charge in [-0.25, -0.2) is 0 Å². The third-order valence-electron chi connectivity index (χ3n) is 3.49. The molecule has 2 amide bonds. The second kappa shape index (κ2) is 5.04. The van der Waals surface area contributed by atoms with E-state index in [1.54, 1.807) is 6.92 Å². The number of nitrogens with zero attached hydrogens (tertiary/aromatic N) is 1. The smallest absolute Gasteiger partial charge is 0.236 e. The monoisotopic (exact) mass is 239 g/mol. The molecule has 0 aromatic rings. The molecule has 5 nitrogen and oxygen atoms in total. The number of carbonyl (C=O) groups is 2. The Balaban J connectivity index is 1.74. The molecule has 1 saturated heterocycles. The first-order chi connectivity index (χ1) is 8.08. The van der Waals surface area contributed by atoms with Gasteiger partial charge in [0.2, 0.25) is 11.8 Å². The summed E-state index contributed by atoms with van der Waals surface area (Å²) >= 11 is 0. The second-order valence-electron chi connectivity index (χ2n) is 5.17. The van der Waals surface area contributed by atoms with Gasteiger partial charge in [-0.05, 0) is 32.6 Å². The second-order valence-corrected chi connectivity index (χ2v) is 5.17. The van der Waals surface area contributed by atoms with Gasteiger partial charge in [0.1, 0.15) is 0 Å². The summed E-state index contributed by atoms with van der Waals surface area (Å²) in [5, 5.41) is 2.92. The summed E-state index contributed by atoms with van der Waals surface area (Å²) in [6, 6.07) is -0.280. The molecule has 1 aliphatic heterocycles. The van der Waals surface area contributed by atoms with Crippen molar-refractivity contribution in [2.24, 2.45) is 11.7 Å². The van der Waals surface area contributed by atoms with Crippen LogP contribution >= 0.6 is 0 Å². The number of likely N-dealkylation sites (tertiary alicyclic amines) is 1. The molecule has 2 aliphatic rings. The average molecular weight is 239 g/mol. The Kier molecular flexibility index (Phi) is 3.66. The Morgan fingerprint density at radius 1 is 1.24 bits per heavy atom. The number of hydrogen-bond acceptors (Lipinski definition) is 3. The minimum Gasteiger partial charge on any atom is -0.352 e. The van der Waals surface area contributed by atoms with E-state index in [2.05, 4.69) is 5.32 Å². The van der Waals surface area contributed by atoms with Gasteiger partial charge in [0, 0.05) is 25.0 Å². The topological polar surface area (TPSA) is 75.4 Å². The highest BCUT2D eigenvalue weighted by Crippen LogP contribution is 2.31. The fraction of sp³-hybridized carbons (Fsp3) is 0.833. The third kappa shape index (κ3) is 3.19. The SMILES string of the molecule is CC(N)C(=O)NC1CCN(C(=O)C2CC2)CC1. The molecule has 5 heteroatoms. The summed E-state index contributed by atoms with van der Waals surface area (Å²) < 4.78 is 0. The normalized spacial score (nSPS) is 23.3. The lowest BCUT2D eigenvalue weighted by Gasteiger charge is -2.32. The van der Waals surface area contributed by atoms with E-state index in [4.69, 9.17) is 5.73 Å². The molecular formula is C12H21N3O2. The van der Waals surface area contributed by atoms with E-state index in [1.807, 2.05) is 4.90 Å². The van der Waals surface area contributed by atoms with Crippen molar-refractivity contribution in [2.45, 2.75) is 44.7 Å². The van der Waals surface area contributed by atoms with E-state index in [1.165, 1.54) is 0 Å². The first kappa shape index (κ1) is 12.4. The van der Waals surface area contributed by atoms with E-state index in [0.29, 0.717) is 11.8 Å². The maximum atomic E-state index is 11.8. The Bertz CT molecular complexity index is 305. The number of amides is 2. The van der Waals surface area contributed by atoms with Crippen molar-refractivity contribution in [3.05, 3.63) is 0 Å². The van der Waals surface area contributed by atoms with Crippen molar-refractivity contribution in [1.82, 2.24) is 10.2 Å². The van der Waals surface area contributed by atoms with Crippen LogP contribution in [0.5, 0.6) is 0 Å². The van der Waals surface area contributed by atoms with Gasteiger partial charge in [0.15, 0.2) is 0 Å². The average Bonchev–Trinajstić information content (AvgIpc) is 3.13. The molecule has 0 radical (unpaired) electrons. The highest BCUT2D eigenvalue weighted by Gasteiger charge is 2.35. The fourth-order valence-electron chi connectivity index (χ4n) is 2.17. The van der Waals surface area contributed by atoms with Crippen LogP contribution in [0.2, 0.25) is 0 Å². The van der Waals surface area contributed by atoms with Crippen molar-refractivity contribution in [3.63, 3.8) is 0 Å². The molecule has 17 heavy (non-hydrogen) atoms. The van der Waals surface area contributed by atoms with Crippen molar-refractivity contribution < 1.29 is 9.59 Å². The van der Waals surface area contributed by atoms with Crippen LogP contribution in [0.25, 0.3) is 0 Å². The minimum absolute atomic E-state index is 0.100. The first-order valence-electron chi connectivity index (χ1n) is 6.42. The lowest BCUT2D eigenvalue weighted by Crippen LogP contribution is -2.50. The molecule has 0 aromatic heterocycles. The summed E-state index contributed by atoms with van der Waals surface area (Å²) in [4.78, 5) is 25.2. The number of carbonyl (C=O) groups excluding carboxylic acids is 2. The zero-order chi connectivity index (χ0) is 12.4. The molecule has 1 aliphatic carbocycles. The highest BCUT2D eigenvalue weighted by molar-refractivity contribution is 5.82. The van der Waals surface area contributed by atoms with Gasteiger partial charge in [0.05, 0.1) is 6.04 Å². The first-order valence-corrected chi connectivity index (χ1v) is 6.42. The quantitative estimate of drug-likeness (QED) is 0.719. The predicted octanol–water partition coefficient (Wildman–Crippen LogP) is -0.149. The zero-order valence-electron chi connectivity index (χ0n) is 10.3. The molecule has 1 heterocycles. The van der Waals surface area contributed by atoms with Gasteiger partial charge in [0.25, 0.3) is 0 Å². The van der Waals surface area contributed by atoms with Crippen LogP contribution < -0.4 is 11.1 Å². The molecule has 3 N–H and O–H groups in total. The summed E-state index contributed by atoms with van der Waals surface area (Å²) in [5.41, 5.74) is 5.50. The van der Waals surface area contributed by atoms with Gasteiger partial charge in [-0.2, -0.15) is 0 Å². The lowest BCUT2D eigenvalue weighted by molar-refractivity contribution is -0.133. The predicted molar refractivity (Wildman–Crippen MR) is 64.1 cm³/mol. The van der Waals surface area contributed by atoms with Crippen molar-refractivity contribution >= 4 is 11.8 Å². The standard InChI is InChI=1S/C12H21N3O2/c1-8(13)11(16)14-10-4-6-15(7-5-10)12(17)9-2-3-9/h8-10H,2-7,13H2,1H3,(H,14,16). The van der Waals surface area contributed by atoms with Gasteiger partial charge in [-0.15, -0.1) is 0 Å². The van der Waals surface area contributed by atoms with Crippen LogP contribution in [0.1, 0.15) is 32.6 Å². The molecule has 1 saturated carbocycles. The molecule has 0 bridgehead atoms. The van der Waals surface area contributed by atoms with E-state index in [0.717, 1.165) is 38.8 Å². The van der Waals surface area contributed by atoms with Crippen LogP contribution in [0.3, 0.4) is 0 Å². The highest BCUT2D eigenvalue weighted by atomic mass is 16.2. The summed E-state index contributed by atoms with van der Waals surface area (Å²) in [6.45, 7) is 3.21. The van der Waals surface area contributed by atoms with Crippen LogP contribution in [-0.4, -0.2) is 41.9 Å².